The molecule has 19 heavy (non-hydrogen) atoms. The van der Waals surface area contributed by atoms with E-state index in [0.717, 1.165) is 0 Å². The fourth-order valence-electron chi connectivity index (χ4n) is 1.54. The molecule has 0 heterocycles. The molecule has 1 N–H and O–H groups in total. The molecule has 0 saturated carbocycles. The monoisotopic (exact) mass is 280 g/mol. The van der Waals surface area contributed by atoms with Gasteiger partial charge in [-0.2, -0.15) is 0 Å². The van der Waals surface area contributed by atoms with Gasteiger partial charge in [0.25, 0.3) is 0 Å². The molecule has 98 valence electrons. The summed E-state index contributed by atoms with van der Waals surface area (Å²) in [5.74, 6) is -1.40. The molecule has 0 unspecified atom stereocenters. The van der Waals surface area contributed by atoms with Crippen LogP contribution in [-0.2, 0) is 6.61 Å². The third kappa shape index (κ3) is 3.23. The van der Waals surface area contributed by atoms with Crippen LogP contribution in [0.5, 0.6) is 5.75 Å². The van der Waals surface area contributed by atoms with Gasteiger partial charge in [0.2, 0.25) is 0 Å². The SMILES string of the molecule is O=C(O)c1ccc(COc2ccccc2F)cc1Cl. The number of rotatable bonds is 4. The van der Waals surface area contributed by atoms with E-state index in [1.807, 2.05) is 0 Å². The molecule has 2 aromatic carbocycles. The fraction of sp³-hybridized carbons (Fsp3) is 0.0714. The number of carboxylic acid groups (broad SMARTS) is 1. The third-order valence-corrected chi connectivity index (χ3v) is 2.81. The number of benzene rings is 2. The standard InChI is InChI=1S/C14H10ClFO3/c15-11-7-9(5-6-10(11)14(17)18)8-19-13-4-2-1-3-12(13)16/h1-7H,8H2,(H,17,18). The lowest BCUT2D eigenvalue weighted by Gasteiger charge is -2.08. The molecule has 0 saturated heterocycles. The number of carboxylic acids is 1. The molecule has 5 heteroatoms. The zero-order chi connectivity index (χ0) is 13.8. The predicted octanol–water partition coefficient (Wildman–Crippen LogP) is 3.76. The van der Waals surface area contributed by atoms with Gasteiger partial charge in [-0.25, -0.2) is 9.18 Å². The van der Waals surface area contributed by atoms with Gasteiger partial charge in [0.1, 0.15) is 6.61 Å². The molecule has 0 radical (unpaired) electrons. The minimum absolute atomic E-state index is 0.0244. The molecule has 0 spiro atoms. The van der Waals surface area contributed by atoms with E-state index >= 15 is 0 Å². The molecular weight excluding hydrogens is 271 g/mol. The quantitative estimate of drug-likeness (QED) is 0.927. The maximum absolute atomic E-state index is 13.3. The highest BCUT2D eigenvalue weighted by atomic mass is 35.5. The van der Waals surface area contributed by atoms with Crippen LogP contribution in [0.15, 0.2) is 42.5 Å². The maximum Gasteiger partial charge on any atom is 0.337 e. The zero-order valence-electron chi connectivity index (χ0n) is 9.77. The Hall–Kier alpha value is -2.07. The first-order valence-corrected chi connectivity index (χ1v) is 5.85. The van der Waals surface area contributed by atoms with Crippen LogP contribution in [0.2, 0.25) is 5.02 Å². The summed E-state index contributed by atoms with van der Waals surface area (Å²) in [5, 5.41) is 8.96. The third-order valence-electron chi connectivity index (χ3n) is 2.49. The number of aromatic carboxylic acids is 1. The molecule has 0 amide bonds. The second kappa shape index (κ2) is 5.71. The van der Waals surface area contributed by atoms with Crippen LogP contribution in [0.25, 0.3) is 0 Å². The van der Waals surface area contributed by atoms with E-state index in [9.17, 15) is 9.18 Å². The average Bonchev–Trinajstić information content (AvgIpc) is 2.37. The van der Waals surface area contributed by atoms with Gasteiger partial charge in [-0.05, 0) is 29.8 Å². The van der Waals surface area contributed by atoms with Gasteiger partial charge in [-0.3, -0.25) is 0 Å². The number of ether oxygens (including phenoxy) is 1. The Morgan fingerprint density at radius 1 is 1.26 bits per heavy atom. The van der Waals surface area contributed by atoms with Gasteiger partial charge in [-0.1, -0.05) is 29.8 Å². The molecule has 0 bridgehead atoms. The Kier molecular flexibility index (Phi) is 4.02. The van der Waals surface area contributed by atoms with E-state index in [0.29, 0.717) is 5.56 Å². The highest BCUT2D eigenvalue weighted by Crippen LogP contribution is 2.21. The van der Waals surface area contributed by atoms with Crippen LogP contribution in [0.3, 0.4) is 0 Å². The van der Waals surface area contributed by atoms with Gasteiger partial charge in [0.15, 0.2) is 11.6 Å². The minimum atomic E-state index is -1.09. The average molecular weight is 281 g/mol. The van der Waals surface area contributed by atoms with Crippen LogP contribution < -0.4 is 4.74 Å². The van der Waals surface area contributed by atoms with Crippen molar-refractivity contribution in [1.29, 1.82) is 0 Å². The Morgan fingerprint density at radius 2 is 2.00 bits per heavy atom. The molecular formula is C14H10ClFO3. The predicted molar refractivity (Wildman–Crippen MR) is 69.1 cm³/mol. The van der Waals surface area contributed by atoms with Gasteiger partial charge in [-0.15, -0.1) is 0 Å². The van der Waals surface area contributed by atoms with Gasteiger partial charge >= 0.3 is 5.97 Å². The Labute approximate surface area is 114 Å². The second-order valence-corrected chi connectivity index (χ2v) is 4.25. The zero-order valence-corrected chi connectivity index (χ0v) is 10.5. The molecule has 0 aromatic heterocycles. The van der Waals surface area contributed by atoms with E-state index in [2.05, 4.69) is 0 Å². The Bertz CT molecular complexity index is 613. The van der Waals surface area contributed by atoms with Crippen molar-refractivity contribution in [3.63, 3.8) is 0 Å². The summed E-state index contributed by atoms with van der Waals surface area (Å²) in [6, 6.07) is 10.5. The molecule has 3 nitrogen and oxygen atoms in total. The highest BCUT2D eigenvalue weighted by Gasteiger charge is 2.09. The van der Waals surface area contributed by atoms with Crippen molar-refractivity contribution in [2.24, 2.45) is 0 Å². The number of halogens is 2. The fourth-order valence-corrected chi connectivity index (χ4v) is 1.83. The summed E-state index contributed by atoms with van der Waals surface area (Å²) in [6.07, 6.45) is 0. The molecule has 0 atom stereocenters. The van der Waals surface area contributed by atoms with Crippen LogP contribution >= 0.6 is 11.6 Å². The van der Waals surface area contributed by atoms with Gasteiger partial charge in [0, 0.05) is 0 Å². The first-order chi connectivity index (χ1) is 9.08. The number of para-hydroxylation sites is 1. The van der Waals surface area contributed by atoms with E-state index < -0.39 is 11.8 Å². The van der Waals surface area contributed by atoms with E-state index in [1.165, 1.54) is 24.3 Å². The first kappa shape index (κ1) is 13.4. The summed E-state index contributed by atoms with van der Waals surface area (Å²) in [5.41, 5.74) is 0.689. The van der Waals surface area contributed by atoms with E-state index in [1.54, 1.807) is 18.2 Å². The van der Waals surface area contributed by atoms with Crippen LogP contribution in [0.4, 0.5) is 4.39 Å². The summed E-state index contributed by atoms with van der Waals surface area (Å²) in [4.78, 5) is 10.8. The van der Waals surface area contributed by atoms with Gasteiger partial charge in [0.05, 0.1) is 10.6 Å². The van der Waals surface area contributed by atoms with Crippen molar-refractivity contribution in [2.75, 3.05) is 0 Å². The van der Waals surface area contributed by atoms with E-state index in [4.69, 9.17) is 21.4 Å². The summed E-state index contributed by atoms with van der Waals surface area (Å²) in [6.45, 7) is 0.112. The van der Waals surface area contributed by atoms with Crippen molar-refractivity contribution in [2.45, 2.75) is 6.61 Å². The Balaban J connectivity index is 2.11. The molecule has 0 aliphatic carbocycles. The van der Waals surface area contributed by atoms with Crippen LogP contribution in [-0.4, -0.2) is 11.1 Å². The largest absolute Gasteiger partial charge is 0.486 e. The van der Waals surface area contributed by atoms with Crippen molar-refractivity contribution in [3.8, 4) is 5.75 Å². The Morgan fingerprint density at radius 3 is 2.63 bits per heavy atom. The van der Waals surface area contributed by atoms with Crippen molar-refractivity contribution < 1.29 is 19.0 Å². The lowest BCUT2D eigenvalue weighted by atomic mass is 10.1. The number of carbonyl (C=O) groups is 1. The minimum Gasteiger partial charge on any atom is -0.486 e. The first-order valence-electron chi connectivity index (χ1n) is 5.47. The molecule has 0 fully saturated rings. The molecule has 0 aliphatic rings. The lowest BCUT2D eigenvalue weighted by Crippen LogP contribution is -2.01. The highest BCUT2D eigenvalue weighted by molar-refractivity contribution is 6.33. The summed E-state index contributed by atoms with van der Waals surface area (Å²) >= 11 is 5.83. The summed E-state index contributed by atoms with van der Waals surface area (Å²) in [7, 11) is 0. The summed E-state index contributed by atoms with van der Waals surface area (Å²) < 4.78 is 18.6. The second-order valence-electron chi connectivity index (χ2n) is 3.84. The molecule has 2 aromatic rings. The molecule has 2 rings (SSSR count). The number of hydrogen-bond donors (Lipinski definition) is 1. The topological polar surface area (TPSA) is 46.5 Å². The number of hydrogen-bond acceptors (Lipinski definition) is 2. The van der Waals surface area contributed by atoms with Crippen LogP contribution in [0, 0.1) is 5.82 Å². The normalized spacial score (nSPS) is 10.2. The lowest BCUT2D eigenvalue weighted by molar-refractivity contribution is 0.0697. The molecule has 0 aliphatic heterocycles. The van der Waals surface area contributed by atoms with Gasteiger partial charge < -0.3 is 9.84 Å². The smallest absolute Gasteiger partial charge is 0.337 e. The van der Waals surface area contributed by atoms with Crippen molar-refractivity contribution >= 4 is 17.6 Å². The van der Waals surface area contributed by atoms with E-state index in [-0.39, 0.29) is 22.9 Å². The van der Waals surface area contributed by atoms with Crippen LogP contribution in [0.1, 0.15) is 15.9 Å². The van der Waals surface area contributed by atoms with Crippen molar-refractivity contribution in [1.82, 2.24) is 0 Å². The van der Waals surface area contributed by atoms with Crippen molar-refractivity contribution in [3.05, 3.63) is 64.4 Å². The maximum atomic E-state index is 13.3.